The second-order valence-electron chi connectivity index (χ2n) is 2.94. The van der Waals surface area contributed by atoms with Crippen molar-refractivity contribution in [2.45, 2.75) is 26.2 Å². The number of allylic oxidation sites excluding steroid dienone is 1. The molecule has 0 N–H and O–H groups in total. The van der Waals surface area contributed by atoms with E-state index in [1.165, 1.54) is 0 Å². The maximum atomic E-state index is 11.1. The number of hydroxylamine groups is 2. The van der Waals surface area contributed by atoms with Gasteiger partial charge in [0.15, 0.2) is 0 Å². The molecule has 14 heavy (non-hydrogen) atoms. The first-order valence-corrected chi connectivity index (χ1v) is 4.50. The van der Waals surface area contributed by atoms with Gasteiger partial charge >= 0.3 is 6.16 Å². The third kappa shape index (κ3) is 2.48. The maximum Gasteiger partial charge on any atom is 0.533 e. The second-order valence-corrected chi connectivity index (χ2v) is 2.94. The van der Waals surface area contributed by atoms with Gasteiger partial charge in [-0.05, 0) is 12.8 Å². The monoisotopic (exact) mass is 199 g/mol. The largest absolute Gasteiger partial charge is 0.533 e. The van der Waals surface area contributed by atoms with Crippen molar-refractivity contribution in [2.24, 2.45) is 0 Å². The summed E-state index contributed by atoms with van der Waals surface area (Å²) in [4.78, 5) is 26.8. The summed E-state index contributed by atoms with van der Waals surface area (Å²) in [6.07, 6.45) is 0.715. The lowest BCUT2D eigenvalue weighted by Gasteiger charge is -2.14. The fourth-order valence-corrected chi connectivity index (χ4v) is 1.03. The number of nitrogens with zero attached hydrogens (tertiary/aromatic N) is 1. The van der Waals surface area contributed by atoms with Crippen LogP contribution in [0.25, 0.3) is 0 Å². The topological polar surface area (TPSA) is 55.8 Å². The Morgan fingerprint density at radius 2 is 2.29 bits per heavy atom. The average Bonchev–Trinajstić information content (AvgIpc) is 2.46. The lowest BCUT2D eigenvalue weighted by atomic mass is 10.3. The molecule has 1 heterocycles. The van der Waals surface area contributed by atoms with E-state index >= 15 is 0 Å². The first-order valence-electron chi connectivity index (χ1n) is 4.50. The highest BCUT2D eigenvalue weighted by atomic mass is 16.8. The van der Waals surface area contributed by atoms with Crippen molar-refractivity contribution >= 4 is 12.1 Å². The zero-order valence-corrected chi connectivity index (χ0v) is 8.12. The van der Waals surface area contributed by atoms with Gasteiger partial charge in [-0.2, -0.15) is 0 Å². The Labute approximate surface area is 82.2 Å². The smallest absolute Gasteiger partial charge is 0.433 e. The third-order valence-corrected chi connectivity index (χ3v) is 1.73. The van der Waals surface area contributed by atoms with Crippen molar-refractivity contribution in [3.8, 4) is 0 Å². The third-order valence-electron chi connectivity index (χ3n) is 1.73. The van der Waals surface area contributed by atoms with Gasteiger partial charge in [-0.1, -0.05) is 13.5 Å². The fraction of sp³-hybridized carbons (Fsp3) is 0.556. The summed E-state index contributed by atoms with van der Waals surface area (Å²) in [5.41, 5.74) is 0.489. The molecule has 78 valence electrons. The molecule has 5 nitrogen and oxygen atoms in total. The lowest BCUT2D eigenvalue weighted by molar-refractivity contribution is -0.157. The Morgan fingerprint density at radius 3 is 2.79 bits per heavy atom. The van der Waals surface area contributed by atoms with E-state index in [9.17, 15) is 9.59 Å². The van der Waals surface area contributed by atoms with Crippen LogP contribution in [-0.2, 0) is 14.4 Å². The van der Waals surface area contributed by atoms with Crippen molar-refractivity contribution in [2.75, 3.05) is 6.61 Å². The molecule has 0 radical (unpaired) electrons. The SMILES string of the molecule is C=C1CCC(=O)N1OC(=O)OCCC. The number of hydrogen-bond donors (Lipinski definition) is 0. The highest BCUT2D eigenvalue weighted by molar-refractivity contribution is 5.81. The van der Waals surface area contributed by atoms with Gasteiger partial charge in [0.05, 0.1) is 12.3 Å². The molecule has 0 aromatic carbocycles. The molecule has 1 amide bonds. The molecule has 5 heteroatoms. The zero-order valence-electron chi connectivity index (χ0n) is 8.12. The first kappa shape index (κ1) is 10.6. The molecule has 1 fully saturated rings. The van der Waals surface area contributed by atoms with Gasteiger partial charge in [0.1, 0.15) is 0 Å². The van der Waals surface area contributed by atoms with Crippen LogP contribution in [-0.4, -0.2) is 23.7 Å². The molecule has 0 aromatic rings. The van der Waals surface area contributed by atoms with E-state index in [0.717, 1.165) is 5.06 Å². The summed E-state index contributed by atoms with van der Waals surface area (Å²) < 4.78 is 4.65. The number of carbonyl (C=O) groups excluding carboxylic acids is 2. The molecule has 0 aromatic heterocycles. The minimum absolute atomic E-state index is 0.261. The number of carbonyl (C=O) groups is 2. The molecule has 1 rings (SSSR count). The Balaban J connectivity index is 2.39. The van der Waals surface area contributed by atoms with E-state index in [1.54, 1.807) is 0 Å². The van der Waals surface area contributed by atoms with Crippen molar-refractivity contribution in [1.82, 2.24) is 5.06 Å². The number of rotatable bonds is 3. The molecule has 0 unspecified atom stereocenters. The molecular weight excluding hydrogens is 186 g/mol. The molecule has 0 spiro atoms. The second kappa shape index (κ2) is 4.64. The minimum atomic E-state index is -0.858. The minimum Gasteiger partial charge on any atom is -0.433 e. The van der Waals surface area contributed by atoms with Gasteiger partial charge in [-0.25, -0.2) is 4.79 Å². The van der Waals surface area contributed by atoms with Gasteiger partial charge in [0, 0.05) is 6.42 Å². The molecule has 0 saturated carbocycles. The summed E-state index contributed by atoms with van der Waals surface area (Å²) in [5.74, 6) is -0.261. The molecule has 0 aliphatic carbocycles. The normalized spacial score (nSPS) is 15.9. The van der Waals surface area contributed by atoms with Gasteiger partial charge in [0.2, 0.25) is 0 Å². The van der Waals surface area contributed by atoms with Gasteiger partial charge in [-0.15, -0.1) is 5.06 Å². The zero-order chi connectivity index (χ0) is 10.6. The van der Waals surface area contributed by atoms with Crippen LogP contribution in [0.3, 0.4) is 0 Å². The van der Waals surface area contributed by atoms with E-state index in [-0.39, 0.29) is 12.5 Å². The summed E-state index contributed by atoms with van der Waals surface area (Å²) in [7, 11) is 0. The maximum absolute atomic E-state index is 11.1. The molecule has 0 bridgehead atoms. The van der Waals surface area contributed by atoms with Crippen molar-refractivity contribution in [1.29, 1.82) is 0 Å². The Bertz CT molecular complexity index is 246. The van der Waals surface area contributed by atoms with Crippen LogP contribution in [0.15, 0.2) is 12.3 Å². The van der Waals surface area contributed by atoms with Crippen LogP contribution in [0.2, 0.25) is 0 Å². The molecule has 1 saturated heterocycles. The van der Waals surface area contributed by atoms with Crippen LogP contribution in [0.5, 0.6) is 0 Å². The van der Waals surface area contributed by atoms with Crippen LogP contribution in [0.1, 0.15) is 26.2 Å². The van der Waals surface area contributed by atoms with Crippen molar-refractivity contribution < 1.29 is 19.2 Å². The average molecular weight is 199 g/mol. The first-order chi connectivity index (χ1) is 6.65. The lowest BCUT2D eigenvalue weighted by Crippen LogP contribution is -2.27. The summed E-state index contributed by atoms with van der Waals surface area (Å²) in [5, 5.41) is 0.901. The van der Waals surface area contributed by atoms with Crippen LogP contribution < -0.4 is 0 Å². The molecule has 1 aliphatic heterocycles. The predicted molar refractivity (Wildman–Crippen MR) is 47.9 cm³/mol. The van der Waals surface area contributed by atoms with E-state index in [4.69, 9.17) is 0 Å². The van der Waals surface area contributed by atoms with E-state index in [2.05, 4.69) is 16.2 Å². The van der Waals surface area contributed by atoms with Crippen LogP contribution >= 0.6 is 0 Å². The fourth-order valence-electron chi connectivity index (χ4n) is 1.03. The summed E-state index contributed by atoms with van der Waals surface area (Å²) in [6.45, 7) is 5.75. The van der Waals surface area contributed by atoms with Crippen molar-refractivity contribution in [3.63, 3.8) is 0 Å². The Morgan fingerprint density at radius 1 is 1.57 bits per heavy atom. The van der Waals surface area contributed by atoms with Crippen LogP contribution in [0.4, 0.5) is 4.79 Å². The quantitative estimate of drug-likeness (QED) is 0.648. The van der Waals surface area contributed by atoms with Crippen molar-refractivity contribution in [3.05, 3.63) is 12.3 Å². The Kier molecular flexibility index (Phi) is 3.50. The van der Waals surface area contributed by atoms with E-state index < -0.39 is 6.16 Å². The van der Waals surface area contributed by atoms with Gasteiger partial charge < -0.3 is 4.74 Å². The standard InChI is InChI=1S/C9H13NO4/c1-3-6-13-9(12)14-10-7(2)4-5-8(10)11/h2-6H2,1H3. The van der Waals surface area contributed by atoms with Crippen LogP contribution in [0, 0.1) is 0 Å². The molecular formula is C9H13NO4. The predicted octanol–water partition coefficient (Wildman–Crippen LogP) is 1.60. The summed E-state index contributed by atoms with van der Waals surface area (Å²) in [6, 6.07) is 0. The molecule has 1 aliphatic rings. The molecule has 0 atom stereocenters. The van der Waals surface area contributed by atoms with E-state index in [1.807, 2.05) is 6.92 Å². The number of amides is 1. The van der Waals surface area contributed by atoms with Gasteiger partial charge in [0.25, 0.3) is 5.91 Å². The highest BCUT2D eigenvalue weighted by Crippen LogP contribution is 2.20. The van der Waals surface area contributed by atoms with E-state index in [0.29, 0.717) is 25.0 Å². The van der Waals surface area contributed by atoms with Gasteiger partial charge in [-0.3, -0.25) is 9.63 Å². The Hall–Kier alpha value is -1.52. The number of hydrogen-bond acceptors (Lipinski definition) is 4. The highest BCUT2D eigenvalue weighted by Gasteiger charge is 2.28. The number of ether oxygens (including phenoxy) is 1. The summed E-state index contributed by atoms with van der Waals surface area (Å²) >= 11 is 0.